The van der Waals surface area contributed by atoms with Crippen molar-refractivity contribution in [1.29, 1.82) is 0 Å². The molecule has 0 amide bonds. The summed E-state index contributed by atoms with van der Waals surface area (Å²) in [7, 11) is 1.85. The molecule has 0 aliphatic carbocycles. The minimum Gasteiger partial charge on any atom is -0.481 e. The zero-order chi connectivity index (χ0) is 23.1. The van der Waals surface area contributed by atoms with E-state index in [2.05, 4.69) is 6.92 Å². The molecule has 0 saturated heterocycles. The summed E-state index contributed by atoms with van der Waals surface area (Å²) in [6.45, 7) is 6.07. The van der Waals surface area contributed by atoms with Crippen molar-refractivity contribution < 1.29 is 14.7 Å². The molecule has 0 saturated carbocycles. The highest BCUT2D eigenvalue weighted by Crippen LogP contribution is 2.24. The fourth-order valence-electron chi connectivity index (χ4n) is 4.62. The molecule has 0 bridgehead atoms. The second kappa shape index (κ2) is 16.1. The van der Waals surface area contributed by atoms with Crippen LogP contribution in [0.4, 0.5) is 0 Å². The maximum absolute atomic E-state index is 12.7. The molecule has 4 nitrogen and oxygen atoms in total. The molecule has 0 unspecified atom stereocenters. The number of ketones is 1. The monoisotopic (exact) mass is 433 g/mol. The zero-order valence-electron chi connectivity index (χ0n) is 20.7. The van der Waals surface area contributed by atoms with Crippen molar-refractivity contribution in [2.75, 3.05) is 0 Å². The van der Waals surface area contributed by atoms with Crippen LogP contribution in [0, 0.1) is 13.8 Å². The predicted molar refractivity (Wildman–Crippen MR) is 130 cm³/mol. The van der Waals surface area contributed by atoms with Crippen molar-refractivity contribution in [2.45, 2.75) is 130 Å². The van der Waals surface area contributed by atoms with Gasteiger partial charge < -0.3 is 9.67 Å². The van der Waals surface area contributed by atoms with E-state index in [1.54, 1.807) is 0 Å². The van der Waals surface area contributed by atoms with E-state index in [4.69, 9.17) is 5.11 Å². The number of carboxylic acid groups (broad SMARTS) is 1. The largest absolute Gasteiger partial charge is 0.481 e. The van der Waals surface area contributed by atoms with Gasteiger partial charge in [-0.3, -0.25) is 9.59 Å². The van der Waals surface area contributed by atoms with Gasteiger partial charge in [-0.05, 0) is 25.8 Å². The first-order valence-electron chi connectivity index (χ1n) is 12.8. The third-order valence-electron chi connectivity index (χ3n) is 6.68. The first-order valence-corrected chi connectivity index (χ1v) is 12.8. The summed E-state index contributed by atoms with van der Waals surface area (Å²) in [6.07, 6.45) is 20.3. The third kappa shape index (κ3) is 10.5. The molecule has 1 aromatic heterocycles. The zero-order valence-corrected chi connectivity index (χ0v) is 20.7. The molecule has 1 heterocycles. The maximum Gasteiger partial charge on any atom is 0.309 e. The van der Waals surface area contributed by atoms with Crippen LogP contribution in [-0.2, 0) is 18.3 Å². The number of aliphatic carboxylic acids is 1. The third-order valence-corrected chi connectivity index (χ3v) is 6.68. The quantitative estimate of drug-likeness (QED) is 0.179. The summed E-state index contributed by atoms with van der Waals surface area (Å²) in [6, 6.07) is 0. The predicted octanol–water partition coefficient (Wildman–Crippen LogP) is 7.71. The van der Waals surface area contributed by atoms with Crippen molar-refractivity contribution >= 4 is 11.8 Å². The minimum atomic E-state index is -0.856. The Hall–Kier alpha value is -1.58. The van der Waals surface area contributed by atoms with Crippen molar-refractivity contribution in [3.63, 3.8) is 0 Å². The number of hydrogen-bond donors (Lipinski definition) is 1. The molecule has 0 atom stereocenters. The standard InChI is InChI=1S/C27H47NO3/c1-5-6-7-8-9-10-11-12-13-14-15-16-17-18-19-20-25(29)27-22(2)24(21-26(30)31)28(4)23(27)3/h5-21H2,1-4H3,(H,30,31). The highest BCUT2D eigenvalue weighted by Gasteiger charge is 2.21. The lowest BCUT2D eigenvalue weighted by Crippen LogP contribution is -2.07. The molecule has 0 aromatic carbocycles. The maximum atomic E-state index is 12.7. The number of hydrogen-bond acceptors (Lipinski definition) is 2. The van der Waals surface area contributed by atoms with Crippen LogP contribution in [0.25, 0.3) is 0 Å². The number of Topliss-reactive ketones (excluding diaryl/α,β-unsaturated/α-hetero) is 1. The Balaban J connectivity index is 2.10. The van der Waals surface area contributed by atoms with Gasteiger partial charge in [0.2, 0.25) is 0 Å². The van der Waals surface area contributed by atoms with Gasteiger partial charge in [-0.1, -0.05) is 96.8 Å². The number of nitrogens with zero attached hydrogens (tertiary/aromatic N) is 1. The van der Waals surface area contributed by atoms with Gasteiger partial charge in [-0.15, -0.1) is 0 Å². The van der Waals surface area contributed by atoms with Crippen LogP contribution in [0.3, 0.4) is 0 Å². The van der Waals surface area contributed by atoms with Crippen LogP contribution in [0.2, 0.25) is 0 Å². The smallest absolute Gasteiger partial charge is 0.309 e. The van der Waals surface area contributed by atoms with Crippen LogP contribution in [-0.4, -0.2) is 21.4 Å². The van der Waals surface area contributed by atoms with Crippen LogP contribution in [0.15, 0.2) is 0 Å². The molecule has 0 aliphatic heterocycles. The topological polar surface area (TPSA) is 59.3 Å². The fraction of sp³-hybridized carbons (Fsp3) is 0.778. The average Bonchev–Trinajstić information content (AvgIpc) is 2.93. The van der Waals surface area contributed by atoms with Gasteiger partial charge in [0.05, 0.1) is 6.42 Å². The molecule has 178 valence electrons. The van der Waals surface area contributed by atoms with Gasteiger partial charge in [0.25, 0.3) is 0 Å². The number of rotatable bonds is 19. The highest BCUT2D eigenvalue weighted by atomic mass is 16.4. The number of aromatic nitrogens is 1. The summed E-state index contributed by atoms with van der Waals surface area (Å²) in [5.74, 6) is -0.693. The number of carbonyl (C=O) groups is 2. The lowest BCUT2D eigenvalue weighted by Gasteiger charge is -2.04. The Morgan fingerprint density at radius 3 is 1.58 bits per heavy atom. The van der Waals surface area contributed by atoms with Crippen LogP contribution in [0.1, 0.15) is 137 Å². The molecule has 1 aromatic rings. The SMILES string of the molecule is CCCCCCCCCCCCCCCCCC(=O)c1c(C)c(CC(=O)O)n(C)c1C. The molecule has 0 radical (unpaired) electrons. The summed E-state index contributed by atoms with van der Waals surface area (Å²) in [5, 5.41) is 9.11. The number of carbonyl (C=O) groups excluding carboxylic acids is 1. The normalized spacial score (nSPS) is 11.2. The lowest BCUT2D eigenvalue weighted by molar-refractivity contribution is -0.136. The summed E-state index contributed by atoms with van der Waals surface area (Å²) < 4.78 is 1.86. The van der Waals surface area contributed by atoms with E-state index < -0.39 is 5.97 Å². The highest BCUT2D eigenvalue weighted by molar-refractivity contribution is 5.99. The van der Waals surface area contributed by atoms with E-state index in [1.165, 1.54) is 83.5 Å². The Bertz CT molecular complexity index is 660. The fourth-order valence-corrected chi connectivity index (χ4v) is 4.62. The summed E-state index contributed by atoms with van der Waals surface area (Å²) in [4.78, 5) is 23.8. The van der Waals surface area contributed by atoms with Crippen molar-refractivity contribution in [2.24, 2.45) is 7.05 Å². The van der Waals surface area contributed by atoms with Crippen LogP contribution >= 0.6 is 0 Å². The Kier molecular flexibility index (Phi) is 14.3. The second-order valence-electron chi connectivity index (χ2n) is 9.28. The molecule has 0 fully saturated rings. The van der Waals surface area contributed by atoms with Gasteiger partial charge in [0.15, 0.2) is 5.78 Å². The molecule has 0 spiro atoms. The Morgan fingerprint density at radius 2 is 1.16 bits per heavy atom. The van der Waals surface area contributed by atoms with Gasteiger partial charge in [-0.2, -0.15) is 0 Å². The van der Waals surface area contributed by atoms with Crippen LogP contribution in [0.5, 0.6) is 0 Å². The van der Waals surface area contributed by atoms with E-state index in [-0.39, 0.29) is 12.2 Å². The van der Waals surface area contributed by atoms with E-state index in [1.807, 2.05) is 25.5 Å². The van der Waals surface area contributed by atoms with E-state index in [0.717, 1.165) is 35.4 Å². The molecular weight excluding hydrogens is 386 g/mol. The molecule has 0 aliphatic rings. The number of carboxylic acids is 1. The molecule has 1 N–H and O–H groups in total. The van der Waals surface area contributed by atoms with Gasteiger partial charge in [0, 0.05) is 30.4 Å². The Labute approximate surface area is 190 Å². The Morgan fingerprint density at radius 1 is 0.742 bits per heavy atom. The summed E-state index contributed by atoms with van der Waals surface area (Å²) in [5.41, 5.74) is 3.21. The first kappa shape index (κ1) is 27.5. The molecular formula is C27H47NO3. The van der Waals surface area contributed by atoms with Crippen molar-refractivity contribution in [1.82, 2.24) is 4.57 Å². The average molecular weight is 434 g/mol. The van der Waals surface area contributed by atoms with Gasteiger partial charge in [0.1, 0.15) is 0 Å². The molecule has 31 heavy (non-hydrogen) atoms. The van der Waals surface area contributed by atoms with Crippen LogP contribution < -0.4 is 0 Å². The van der Waals surface area contributed by atoms with E-state index in [0.29, 0.717) is 6.42 Å². The van der Waals surface area contributed by atoms with Crippen molar-refractivity contribution in [3.05, 3.63) is 22.5 Å². The van der Waals surface area contributed by atoms with Gasteiger partial charge in [-0.25, -0.2) is 0 Å². The second-order valence-corrected chi connectivity index (χ2v) is 9.28. The van der Waals surface area contributed by atoms with Gasteiger partial charge >= 0.3 is 5.97 Å². The number of unbranched alkanes of at least 4 members (excludes halogenated alkanes) is 14. The summed E-state index contributed by atoms with van der Waals surface area (Å²) >= 11 is 0. The molecule has 4 heteroatoms. The van der Waals surface area contributed by atoms with Crippen molar-refractivity contribution in [3.8, 4) is 0 Å². The van der Waals surface area contributed by atoms with E-state index in [9.17, 15) is 9.59 Å². The lowest BCUT2D eigenvalue weighted by atomic mass is 9.99. The first-order chi connectivity index (χ1) is 14.9. The minimum absolute atomic E-state index is 0.0323. The molecule has 1 rings (SSSR count). The van der Waals surface area contributed by atoms with E-state index >= 15 is 0 Å².